The van der Waals surface area contributed by atoms with Crippen LogP contribution in [0.5, 0.6) is 0 Å². The molecule has 0 saturated heterocycles. The first-order chi connectivity index (χ1) is 6.27. The Bertz CT molecular complexity index is 285. The third kappa shape index (κ3) is 1.70. The van der Waals surface area contributed by atoms with Gasteiger partial charge in [-0.1, -0.05) is 12.8 Å². The lowest BCUT2D eigenvalue weighted by Gasteiger charge is -2.24. The summed E-state index contributed by atoms with van der Waals surface area (Å²) < 4.78 is 0. The van der Waals surface area contributed by atoms with Crippen LogP contribution in [0.2, 0.25) is 0 Å². The van der Waals surface area contributed by atoms with Crippen molar-refractivity contribution in [2.24, 2.45) is 7.05 Å². The van der Waals surface area contributed by atoms with Crippen LogP contribution in [0, 0.1) is 0 Å². The van der Waals surface area contributed by atoms with Gasteiger partial charge in [-0.15, -0.1) is 10.2 Å². The van der Waals surface area contributed by atoms with Crippen LogP contribution in [0.25, 0.3) is 0 Å². The van der Waals surface area contributed by atoms with Crippen LogP contribution in [0.15, 0.2) is 0 Å². The van der Waals surface area contributed by atoms with Gasteiger partial charge in [0, 0.05) is 5.92 Å². The van der Waals surface area contributed by atoms with Crippen molar-refractivity contribution in [2.45, 2.75) is 37.7 Å². The maximum Gasteiger partial charge on any atom is 0.180 e. The molecule has 1 N–H and O–H groups in total. The molecule has 1 fully saturated rings. The predicted octanol–water partition coefficient (Wildman–Crippen LogP) is 0.229. The molecule has 2 unspecified atom stereocenters. The van der Waals surface area contributed by atoms with E-state index in [-0.39, 0.29) is 12.0 Å². The lowest BCUT2D eigenvalue weighted by molar-refractivity contribution is 0.102. The molecular weight excluding hydrogens is 168 g/mol. The molecule has 2 rings (SSSR count). The molecule has 0 bridgehead atoms. The van der Waals surface area contributed by atoms with Gasteiger partial charge >= 0.3 is 0 Å². The number of hydrogen-bond acceptors (Lipinski definition) is 4. The molecular formula is C8H14N4O. The highest BCUT2D eigenvalue weighted by molar-refractivity contribution is 4.97. The number of aliphatic hydroxyl groups is 1. The van der Waals surface area contributed by atoms with Gasteiger partial charge < -0.3 is 5.11 Å². The first-order valence-corrected chi connectivity index (χ1v) is 4.69. The SMILES string of the molecule is Cn1nnc(C2CCCCC2O)n1. The Hall–Kier alpha value is -0.970. The van der Waals surface area contributed by atoms with Crippen molar-refractivity contribution >= 4 is 0 Å². The fourth-order valence-electron chi connectivity index (χ4n) is 1.86. The molecule has 1 saturated carbocycles. The molecule has 13 heavy (non-hydrogen) atoms. The fraction of sp³-hybridized carbons (Fsp3) is 0.875. The summed E-state index contributed by atoms with van der Waals surface area (Å²) in [4.78, 5) is 1.44. The Morgan fingerprint density at radius 3 is 2.77 bits per heavy atom. The van der Waals surface area contributed by atoms with E-state index in [1.54, 1.807) is 7.05 Å². The first-order valence-electron chi connectivity index (χ1n) is 4.69. The van der Waals surface area contributed by atoms with Gasteiger partial charge in [-0.05, 0) is 18.1 Å². The summed E-state index contributed by atoms with van der Waals surface area (Å²) in [5.41, 5.74) is 0. The van der Waals surface area contributed by atoms with E-state index < -0.39 is 0 Å². The van der Waals surface area contributed by atoms with Crippen molar-refractivity contribution in [2.75, 3.05) is 0 Å². The summed E-state index contributed by atoms with van der Waals surface area (Å²) >= 11 is 0. The normalized spacial score (nSPS) is 29.1. The van der Waals surface area contributed by atoms with Gasteiger partial charge in [0.1, 0.15) is 0 Å². The Labute approximate surface area is 76.8 Å². The number of aliphatic hydroxyl groups excluding tert-OH is 1. The van der Waals surface area contributed by atoms with Crippen LogP contribution >= 0.6 is 0 Å². The van der Waals surface area contributed by atoms with E-state index in [4.69, 9.17) is 0 Å². The van der Waals surface area contributed by atoms with Gasteiger partial charge in [-0.2, -0.15) is 4.80 Å². The Morgan fingerprint density at radius 1 is 1.38 bits per heavy atom. The van der Waals surface area contributed by atoms with Gasteiger partial charge in [-0.3, -0.25) is 0 Å². The van der Waals surface area contributed by atoms with Crippen LogP contribution in [-0.4, -0.2) is 31.4 Å². The van der Waals surface area contributed by atoms with E-state index in [9.17, 15) is 5.11 Å². The first kappa shape index (κ1) is 8.62. The topological polar surface area (TPSA) is 63.8 Å². The molecule has 2 atom stereocenters. The summed E-state index contributed by atoms with van der Waals surface area (Å²) in [5, 5.41) is 21.5. The average molecular weight is 182 g/mol. The van der Waals surface area contributed by atoms with E-state index in [1.165, 1.54) is 4.80 Å². The zero-order valence-electron chi connectivity index (χ0n) is 7.72. The van der Waals surface area contributed by atoms with Crippen molar-refractivity contribution in [3.63, 3.8) is 0 Å². The highest BCUT2D eigenvalue weighted by Crippen LogP contribution is 2.30. The van der Waals surface area contributed by atoms with Gasteiger partial charge in [0.05, 0.1) is 13.2 Å². The molecule has 0 amide bonds. The summed E-state index contributed by atoms with van der Waals surface area (Å²) in [5.74, 6) is 0.789. The second-order valence-corrected chi connectivity index (χ2v) is 3.60. The Kier molecular flexibility index (Phi) is 2.26. The maximum absolute atomic E-state index is 9.71. The highest BCUT2D eigenvalue weighted by atomic mass is 16.3. The maximum atomic E-state index is 9.71. The standard InChI is InChI=1S/C8H14N4O/c1-12-10-8(9-11-12)6-4-2-3-5-7(6)13/h6-7,13H,2-5H2,1H3. The fourth-order valence-corrected chi connectivity index (χ4v) is 1.86. The number of hydrogen-bond donors (Lipinski definition) is 1. The molecule has 0 aromatic carbocycles. The van der Waals surface area contributed by atoms with Gasteiger partial charge in [0.15, 0.2) is 5.82 Å². The molecule has 0 radical (unpaired) electrons. The minimum atomic E-state index is -0.280. The van der Waals surface area contributed by atoms with E-state index in [2.05, 4.69) is 15.4 Å². The third-order valence-electron chi connectivity index (χ3n) is 2.58. The van der Waals surface area contributed by atoms with Crippen LogP contribution in [-0.2, 0) is 7.05 Å². The molecule has 5 heteroatoms. The molecule has 1 heterocycles. The van der Waals surface area contributed by atoms with Gasteiger partial charge in [-0.25, -0.2) is 0 Å². The van der Waals surface area contributed by atoms with Crippen molar-refractivity contribution in [3.05, 3.63) is 5.82 Å². The predicted molar refractivity (Wildman–Crippen MR) is 46.0 cm³/mol. The van der Waals surface area contributed by atoms with Crippen LogP contribution in [0.1, 0.15) is 37.4 Å². The molecule has 1 aliphatic carbocycles. The van der Waals surface area contributed by atoms with E-state index >= 15 is 0 Å². The summed E-state index contributed by atoms with van der Waals surface area (Å²) in [6.45, 7) is 0. The van der Waals surface area contributed by atoms with Crippen LogP contribution < -0.4 is 0 Å². The molecule has 1 aromatic rings. The molecule has 5 nitrogen and oxygen atoms in total. The van der Waals surface area contributed by atoms with Gasteiger partial charge in [0.25, 0.3) is 0 Å². The Balaban J connectivity index is 2.14. The molecule has 0 aliphatic heterocycles. The van der Waals surface area contributed by atoms with Crippen LogP contribution in [0.4, 0.5) is 0 Å². The number of nitrogens with zero attached hydrogens (tertiary/aromatic N) is 4. The van der Waals surface area contributed by atoms with E-state index in [0.29, 0.717) is 5.82 Å². The second-order valence-electron chi connectivity index (χ2n) is 3.60. The monoisotopic (exact) mass is 182 g/mol. The number of tetrazole rings is 1. The molecule has 72 valence electrons. The summed E-state index contributed by atoms with van der Waals surface area (Å²) in [6, 6.07) is 0. The van der Waals surface area contributed by atoms with E-state index in [0.717, 1.165) is 25.7 Å². The van der Waals surface area contributed by atoms with Crippen molar-refractivity contribution in [1.29, 1.82) is 0 Å². The Morgan fingerprint density at radius 2 is 2.15 bits per heavy atom. The van der Waals surface area contributed by atoms with Crippen molar-refractivity contribution in [3.8, 4) is 0 Å². The smallest absolute Gasteiger partial charge is 0.180 e. The lowest BCUT2D eigenvalue weighted by Crippen LogP contribution is -2.23. The number of rotatable bonds is 1. The average Bonchev–Trinajstić information content (AvgIpc) is 2.53. The number of aryl methyl sites for hydroxylation is 1. The number of aromatic nitrogens is 4. The highest BCUT2D eigenvalue weighted by Gasteiger charge is 2.27. The second kappa shape index (κ2) is 3.41. The van der Waals surface area contributed by atoms with Crippen molar-refractivity contribution < 1.29 is 5.11 Å². The minimum absolute atomic E-state index is 0.0995. The third-order valence-corrected chi connectivity index (χ3v) is 2.58. The largest absolute Gasteiger partial charge is 0.392 e. The lowest BCUT2D eigenvalue weighted by atomic mass is 9.86. The summed E-state index contributed by atoms with van der Waals surface area (Å²) in [6.07, 6.45) is 3.83. The zero-order chi connectivity index (χ0) is 9.26. The van der Waals surface area contributed by atoms with E-state index in [1.807, 2.05) is 0 Å². The quantitative estimate of drug-likeness (QED) is 0.675. The molecule has 0 spiro atoms. The minimum Gasteiger partial charge on any atom is -0.392 e. The van der Waals surface area contributed by atoms with Gasteiger partial charge in [0.2, 0.25) is 0 Å². The van der Waals surface area contributed by atoms with Crippen LogP contribution in [0.3, 0.4) is 0 Å². The molecule has 1 aromatic heterocycles. The van der Waals surface area contributed by atoms with Crippen molar-refractivity contribution in [1.82, 2.24) is 20.2 Å². The zero-order valence-corrected chi connectivity index (χ0v) is 7.72. The molecule has 1 aliphatic rings. The summed E-state index contributed by atoms with van der Waals surface area (Å²) in [7, 11) is 1.74.